The number of ether oxygens (including phenoxy) is 1. The van der Waals surface area contributed by atoms with Gasteiger partial charge in [-0.05, 0) is 48.7 Å². The SMILES string of the molecule is CCc1cc(Br)ccc1NC(=O)COC(=O)CCCC(=O)Nc1ccccc1Cl. The van der Waals surface area contributed by atoms with Gasteiger partial charge in [-0.1, -0.05) is 46.6 Å². The van der Waals surface area contributed by atoms with Crippen molar-refractivity contribution in [2.45, 2.75) is 32.6 Å². The van der Waals surface area contributed by atoms with Gasteiger partial charge < -0.3 is 15.4 Å². The molecule has 0 aromatic heterocycles. The van der Waals surface area contributed by atoms with E-state index in [1.807, 2.05) is 19.1 Å². The van der Waals surface area contributed by atoms with Crippen LogP contribution in [0.5, 0.6) is 0 Å². The monoisotopic (exact) mass is 480 g/mol. The quantitative estimate of drug-likeness (QED) is 0.496. The van der Waals surface area contributed by atoms with Crippen LogP contribution in [-0.4, -0.2) is 24.4 Å². The summed E-state index contributed by atoms with van der Waals surface area (Å²) in [5.74, 6) is -1.19. The lowest BCUT2D eigenvalue weighted by atomic mass is 10.1. The fourth-order valence-electron chi connectivity index (χ4n) is 2.55. The molecule has 0 saturated heterocycles. The number of rotatable bonds is 9. The van der Waals surface area contributed by atoms with E-state index in [-0.39, 0.29) is 25.4 Å². The molecule has 2 aromatic rings. The van der Waals surface area contributed by atoms with Crippen LogP contribution in [0.4, 0.5) is 11.4 Å². The van der Waals surface area contributed by atoms with Gasteiger partial charge in [0, 0.05) is 23.0 Å². The summed E-state index contributed by atoms with van der Waals surface area (Å²) in [6.45, 7) is 1.61. The summed E-state index contributed by atoms with van der Waals surface area (Å²) in [5.41, 5.74) is 2.19. The van der Waals surface area contributed by atoms with Gasteiger partial charge in [0.05, 0.1) is 10.7 Å². The second kappa shape index (κ2) is 11.6. The molecule has 154 valence electrons. The topological polar surface area (TPSA) is 84.5 Å². The summed E-state index contributed by atoms with van der Waals surface area (Å²) in [4.78, 5) is 35.7. The third-order valence-corrected chi connectivity index (χ3v) is 4.84. The molecule has 0 saturated carbocycles. The van der Waals surface area contributed by atoms with Gasteiger partial charge in [0.2, 0.25) is 5.91 Å². The Balaban J connectivity index is 1.68. The molecule has 0 bridgehead atoms. The number of hydrogen-bond donors (Lipinski definition) is 2. The molecule has 0 radical (unpaired) electrons. The van der Waals surface area contributed by atoms with Crippen LogP contribution >= 0.6 is 27.5 Å². The van der Waals surface area contributed by atoms with Crippen molar-refractivity contribution in [2.24, 2.45) is 0 Å². The summed E-state index contributed by atoms with van der Waals surface area (Å²) < 4.78 is 5.91. The van der Waals surface area contributed by atoms with Crippen molar-refractivity contribution in [2.75, 3.05) is 17.2 Å². The number of hydrogen-bond acceptors (Lipinski definition) is 4. The highest BCUT2D eigenvalue weighted by atomic mass is 79.9. The zero-order valence-corrected chi connectivity index (χ0v) is 18.3. The fourth-order valence-corrected chi connectivity index (χ4v) is 3.14. The van der Waals surface area contributed by atoms with Crippen LogP contribution < -0.4 is 10.6 Å². The van der Waals surface area contributed by atoms with E-state index in [0.717, 1.165) is 16.5 Å². The average molecular weight is 482 g/mol. The van der Waals surface area contributed by atoms with Crippen LogP contribution in [0.2, 0.25) is 5.02 Å². The van der Waals surface area contributed by atoms with Crippen molar-refractivity contribution in [3.8, 4) is 0 Å². The summed E-state index contributed by atoms with van der Waals surface area (Å²) in [7, 11) is 0. The first kappa shape index (κ1) is 22.9. The van der Waals surface area contributed by atoms with Crippen LogP contribution in [0.3, 0.4) is 0 Å². The molecule has 0 aliphatic carbocycles. The van der Waals surface area contributed by atoms with Crippen molar-refractivity contribution >= 4 is 56.7 Å². The predicted octanol–water partition coefficient (Wildman–Crippen LogP) is 4.96. The molecule has 0 atom stereocenters. The highest BCUT2D eigenvalue weighted by molar-refractivity contribution is 9.10. The van der Waals surface area contributed by atoms with E-state index in [0.29, 0.717) is 22.8 Å². The van der Waals surface area contributed by atoms with E-state index in [9.17, 15) is 14.4 Å². The van der Waals surface area contributed by atoms with Crippen LogP contribution in [0.1, 0.15) is 31.7 Å². The lowest BCUT2D eigenvalue weighted by Gasteiger charge is -2.11. The Kier molecular flexibility index (Phi) is 9.15. The van der Waals surface area contributed by atoms with Crippen molar-refractivity contribution in [1.82, 2.24) is 0 Å². The second-order valence-corrected chi connectivity index (χ2v) is 7.57. The molecule has 0 spiro atoms. The van der Waals surface area contributed by atoms with E-state index < -0.39 is 11.9 Å². The molecular weight excluding hydrogens is 460 g/mol. The maximum atomic E-state index is 12.0. The van der Waals surface area contributed by atoms with Crippen LogP contribution in [0.25, 0.3) is 0 Å². The average Bonchev–Trinajstić information content (AvgIpc) is 2.69. The number of anilines is 2. The molecule has 2 N–H and O–H groups in total. The van der Waals surface area contributed by atoms with Gasteiger partial charge in [-0.3, -0.25) is 14.4 Å². The molecule has 2 rings (SSSR count). The molecule has 2 aromatic carbocycles. The lowest BCUT2D eigenvalue weighted by Crippen LogP contribution is -2.21. The standard InChI is InChI=1S/C21H22BrClN2O4/c1-2-14-12-15(22)10-11-17(14)24-20(27)13-29-21(28)9-5-8-19(26)25-18-7-4-3-6-16(18)23/h3-4,6-7,10-12H,2,5,8-9,13H2,1H3,(H,24,27)(H,25,26). The van der Waals surface area contributed by atoms with Gasteiger partial charge in [-0.15, -0.1) is 0 Å². The van der Waals surface area contributed by atoms with E-state index >= 15 is 0 Å². The van der Waals surface area contributed by atoms with Crippen molar-refractivity contribution in [3.63, 3.8) is 0 Å². The number of esters is 1. The molecule has 2 amide bonds. The van der Waals surface area contributed by atoms with E-state index in [1.54, 1.807) is 30.3 Å². The molecule has 29 heavy (non-hydrogen) atoms. The minimum Gasteiger partial charge on any atom is -0.456 e. The number of nitrogens with one attached hydrogen (secondary N) is 2. The maximum absolute atomic E-state index is 12.0. The number of aryl methyl sites for hydroxylation is 1. The van der Waals surface area contributed by atoms with E-state index in [2.05, 4.69) is 26.6 Å². The molecule has 0 aliphatic heterocycles. The van der Waals surface area contributed by atoms with Gasteiger partial charge in [-0.2, -0.15) is 0 Å². The molecule has 6 nitrogen and oxygen atoms in total. The minimum absolute atomic E-state index is 0.0434. The Morgan fingerprint density at radius 3 is 2.45 bits per heavy atom. The van der Waals surface area contributed by atoms with Gasteiger partial charge in [0.15, 0.2) is 6.61 Å². The molecule has 8 heteroatoms. The third-order valence-electron chi connectivity index (χ3n) is 4.02. The number of benzene rings is 2. The smallest absolute Gasteiger partial charge is 0.306 e. The van der Waals surface area contributed by atoms with Crippen molar-refractivity contribution < 1.29 is 19.1 Å². The Labute approximate surface area is 183 Å². The highest BCUT2D eigenvalue weighted by Crippen LogP contribution is 2.22. The summed E-state index contributed by atoms with van der Waals surface area (Å²) in [5, 5.41) is 5.87. The van der Waals surface area contributed by atoms with Gasteiger partial charge in [0.25, 0.3) is 5.91 Å². The molecule has 0 aliphatic rings. The first-order valence-electron chi connectivity index (χ1n) is 9.17. The molecule has 0 unspecified atom stereocenters. The first-order chi connectivity index (χ1) is 13.9. The predicted molar refractivity (Wildman–Crippen MR) is 117 cm³/mol. The van der Waals surface area contributed by atoms with E-state index in [4.69, 9.17) is 16.3 Å². The Bertz CT molecular complexity index is 889. The first-order valence-corrected chi connectivity index (χ1v) is 10.3. The van der Waals surface area contributed by atoms with Crippen LogP contribution in [-0.2, 0) is 25.5 Å². The normalized spacial score (nSPS) is 10.3. The van der Waals surface area contributed by atoms with Gasteiger partial charge >= 0.3 is 5.97 Å². The van der Waals surface area contributed by atoms with Gasteiger partial charge in [-0.25, -0.2) is 0 Å². The number of amides is 2. The number of halogens is 2. The number of carbonyl (C=O) groups is 3. The Morgan fingerprint density at radius 1 is 1.00 bits per heavy atom. The summed E-state index contributed by atoms with van der Waals surface area (Å²) >= 11 is 9.37. The zero-order chi connectivity index (χ0) is 21.2. The van der Waals surface area contributed by atoms with Crippen molar-refractivity contribution in [3.05, 3.63) is 57.5 Å². The zero-order valence-electron chi connectivity index (χ0n) is 16.0. The fraction of sp³-hybridized carbons (Fsp3) is 0.286. The van der Waals surface area contributed by atoms with Crippen molar-refractivity contribution in [1.29, 1.82) is 0 Å². The lowest BCUT2D eigenvalue weighted by molar-refractivity contribution is -0.147. The minimum atomic E-state index is -0.530. The van der Waals surface area contributed by atoms with Crippen LogP contribution in [0.15, 0.2) is 46.9 Å². The third kappa shape index (κ3) is 7.87. The van der Waals surface area contributed by atoms with Gasteiger partial charge in [0.1, 0.15) is 0 Å². The number of para-hydroxylation sites is 1. The summed E-state index contributed by atoms with van der Waals surface area (Å²) in [6.07, 6.45) is 1.25. The largest absolute Gasteiger partial charge is 0.456 e. The maximum Gasteiger partial charge on any atom is 0.306 e. The van der Waals surface area contributed by atoms with E-state index in [1.165, 1.54) is 0 Å². The second-order valence-electron chi connectivity index (χ2n) is 6.25. The van der Waals surface area contributed by atoms with Crippen LogP contribution in [0, 0.1) is 0 Å². The Hall–Kier alpha value is -2.38. The summed E-state index contributed by atoms with van der Waals surface area (Å²) in [6, 6.07) is 12.5. The Morgan fingerprint density at radius 2 is 1.72 bits per heavy atom. The number of carbonyl (C=O) groups excluding carboxylic acids is 3. The highest BCUT2D eigenvalue weighted by Gasteiger charge is 2.11. The molecule has 0 fully saturated rings. The molecular formula is C21H22BrClN2O4. The molecule has 0 heterocycles.